The van der Waals surface area contributed by atoms with Crippen LogP contribution < -0.4 is 5.32 Å². The van der Waals surface area contributed by atoms with Crippen molar-refractivity contribution >= 4 is 21.9 Å². The molecule has 1 aromatic rings. The van der Waals surface area contributed by atoms with E-state index in [2.05, 4.69) is 10.4 Å². The van der Waals surface area contributed by atoms with Crippen molar-refractivity contribution in [3.63, 3.8) is 0 Å². The highest BCUT2D eigenvalue weighted by Crippen LogP contribution is 2.32. The van der Waals surface area contributed by atoms with Gasteiger partial charge in [0, 0.05) is 38.3 Å². The minimum atomic E-state index is -3.22. The lowest BCUT2D eigenvalue weighted by Crippen LogP contribution is -2.50. The van der Waals surface area contributed by atoms with Crippen molar-refractivity contribution in [2.45, 2.75) is 50.6 Å². The molecule has 2 fully saturated rings. The molecule has 1 saturated heterocycles. The van der Waals surface area contributed by atoms with E-state index >= 15 is 0 Å². The van der Waals surface area contributed by atoms with E-state index in [1.54, 1.807) is 33.2 Å². The van der Waals surface area contributed by atoms with Crippen LogP contribution in [0.4, 0.5) is 10.6 Å². The summed E-state index contributed by atoms with van der Waals surface area (Å²) < 4.78 is 27.9. The summed E-state index contributed by atoms with van der Waals surface area (Å²) in [4.78, 5) is 14.3. The monoisotopic (exact) mass is 369 g/mol. The van der Waals surface area contributed by atoms with E-state index in [4.69, 9.17) is 0 Å². The summed E-state index contributed by atoms with van der Waals surface area (Å²) in [5.41, 5.74) is 0. The fraction of sp³-hybridized carbons (Fsp3) is 0.750. The number of likely N-dealkylation sites (tertiary alicyclic amines) is 1. The van der Waals surface area contributed by atoms with Gasteiger partial charge in [0.25, 0.3) is 0 Å². The topological polar surface area (TPSA) is 87.5 Å². The number of aryl methyl sites for hydroxylation is 1. The predicted molar refractivity (Wildman–Crippen MR) is 95.8 cm³/mol. The van der Waals surface area contributed by atoms with Crippen LogP contribution in [0.2, 0.25) is 0 Å². The van der Waals surface area contributed by atoms with E-state index in [0.717, 1.165) is 32.1 Å². The number of carbonyl (C=O) groups is 1. The van der Waals surface area contributed by atoms with E-state index in [1.165, 1.54) is 6.26 Å². The first-order valence-corrected chi connectivity index (χ1v) is 10.7. The largest absolute Gasteiger partial charge is 0.324 e. The van der Waals surface area contributed by atoms with E-state index in [1.807, 2.05) is 0 Å². The maximum Gasteiger partial charge on any atom is 0.322 e. The number of anilines is 1. The first-order chi connectivity index (χ1) is 11.9. The van der Waals surface area contributed by atoms with Gasteiger partial charge < -0.3 is 4.90 Å². The van der Waals surface area contributed by atoms with Crippen molar-refractivity contribution in [3.8, 4) is 0 Å². The van der Waals surface area contributed by atoms with Crippen LogP contribution >= 0.6 is 0 Å². The van der Waals surface area contributed by atoms with Gasteiger partial charge in [0.2, 0.25) is 10.0 Å². The molecule has 1 atom stereocenters. The summed E-state index contributed by atoms with van der Waals surface area (Å²) in [6.07, 6.45) is 8.24. The molecule has 9 heteroatoms. The molecule has 1 aliphatic heterocycles. The van der Waals surface area contributed by atoms with Crippen molar-refractivity contribution in [1.29, 1.82) is 0 Å². The van der Waals surface area contributed by atoms with Gasteiger partial charge in [0.05, 0.1) is 12.5 Å². The highest BCUT2D eigenvalue weighted by Gasteiger charge is 2.37. The minimum Gasteiger partial charge on any atom is -0.324 e. The summed E-state index contributed by atoms with van der Waals surface area (Å²) in [7, 11) is -1.45. The van der Waals surface area contributed by atoms with Gasteiger partial charge in [-0.2, -0.15) is 9.40 Å². The molecule has 1 unspecified atom stereocenters. The number of urea groups is 1. The molecule has 8 nitrogen and oxygen atoms in total. The summed E-state index contributed by atoms with van der Waals surface area (Å²) in [6, 6.07) is 1.74. The number of nitrogens with zero attached hydrogens (tertiary/aromatic N) is 4. The number of aromatic nitrogens is 2. The number of nitrogens with one attached hydrogen (secondary N) is 1. The number of sulfonamides is 1. The van der Waals surface area contributed by atoms with Gasteiger partial charge in [-0.25, -0.2) is 13.2 Å². The van der Waals surface area contributed by atoms with Gasteiger partial charge in [0.1, 0.15) is 5.82 Å². The third kappa shape index (κ3) is 4.14. The Morgan fingerprint density at radius 2 is 1.88 bits per heavy atom. The molecule has 2 heterocycles. The van der Waals surface area contributed by atoms with Crippen LogP contribution in [0.5, 0.6) is 0 Å². The molecular formula is C16H27N5O3S. The van der Waals surface area contributed by atoms with Gasteiger partial charge in [-0.05, 0) is 32.1 Å². The van der Waals surface area contributed by atoms with E-state index in [9.17, 15) is 13.2 Å². The second-order valence-electron chi connectivity index (χ2n) is 7.02. The molecule has 25 heavy (non-hydrogen) atoms. The summed E-state index contributed by atoms with van der Waals surface area (Å²) in [5.74, 6) is 0.651. The molecule has 2 aliphatic rings. The second kappa shape index (κ2) is 7.33. The van der Waals surface area contributed by atoms with E-state index in [-0.39, 0.29) is 18.1 Å². The van der Waals surface area contributed by atoms with Crippen LogP contribution in [-0.2, 0) is 17.1 Å². The average molecular weight is 369 g/mol. The van der Waals surface area contributed by atoms with Gasteiger partial charge in [0.15, 0.2) is 0 Å². The Hall–Kier alpha value is -1.61. The van der Waals surface area contributed by atoms with E-state index in [0.29, 0.717) is 25.3 Å². The average Bonchev–Trinajstić information content (AvgIpc) is 2.75. The number of carbonyl (C=O) groups excluding carboxylic acids is 1. The Kier molecular flexibility index (Phi) is 5.33. The zero-order valence-electron chi connectivity index (χ0n) is 14.9. The highest BCUT2D eigenvalue weighted by molar-refractivity contribution is 7.88. The standard InChI is InChI=1S/C16H27N5O3S/c1-19-15(8-10-17-19)18-16(22)20-11-4-7-14(9-12-20)21(25(2,23)24)13-5-3-6-13/h8,10,13-14H,3-7,9,11-12H2,1-2H3,(H,18,22). The Labute approximate surface area is 149 Å². The van der Waals surface area contributed by atoms with Gasteiger partial charge >= 0.3 is 6.03 Å². The van der Waals surface area contributed by atoms with Crippen molar-refractivity contribution in [2.75, 3.05) is 24.7 Å². The maximum atomic E-state index is 12.5. The number of hydrogen-bond acceptors (Lipinski definition) is 4. The summed E-state index contributed by atoms with van der Waals surface area (Å²) >= 11 is 0. The molecule has 3 rings (SSSR count). The van der Waals surface area contributed by atoms with Crippen LogP contribution in [0, 0.1) is 0 Å². The Balaban J connectivity index is 1.63. The second-order valence-corrected chi connectivity index (χ2v) is 8.91. The minimum absolute atomic E-state index is 0.00481. The molecule has 0 aromatic carbocycles. The molecule has 0 bridgehead atoms. The Morgan fingerprint density at radius 3 is 2.44 bits per heavy atom. The van der Waals surface area contributed by atoms with Gasteiger partial charge in [-0.3, -0.25) is 10.00 Å². The molecule has 140 valence electrons. The SMILES string of the molecule is Cn1nccc1NC(=O)N1CCCC(N(C2CCC2)S(C)(=O)=O)CC1. The maximum absolute atomic E-state index is 12.5. The summed E-state index contributed by atoms with van der Waals surface area (Å²) in [6.45, 7) is 1.20. The first-order valence-electron chi connectivity index (χ1n) is 8.88. The molecule has 1 aromatic heterocycles. The fourth-order valence-electron chi connectivity index (χ4n) is 3.70. The predicted octanol–water partition coefficient (Wildman–Crippen LogP) is 1.62. The van der Waals surface area contributed by atoms with Gasteiger partial charge in [-0.15, -0.1) is 0 Å². The Bertz CT molecular complexity index is 713. The van der Waals surface area contributed by atoms with Crippen LogP contribution in [0.25, 0.3) is 0 Å². The zero-order chi connectivity index (χ0) is 18.0. The van der Waals surface area contributed by atoms with E-state index < -0.39 is 10.0 Å². The van der Waals surface area contributed by atoms with Crippen LogP contribution in [0.15, 0.2) is 12.3 Å². The third-order valence-corrected chi connectivity index (χ3v) is 6.58. The lowest BCUT2D eigenvalue weighted by atomic mass is 9.91. The molecule has 0 radical (unpaired) electrons. The molecule has 1 aliphatic carbocycles. The smallest absolute Gasteiger partial charge is 0.322 e. The molecule has 1 saturated carbocycles. The van der Waals surface area contributed by atoms with Crippen molar-refractivity contribution in [2.24, 2.45) is 7.05 Å². The van der Waals surface area contributed by atoms with Crippen molar-refractivity contribution < 1.29 is 13.2 Å². The summed E-state index contributed by atoms with van der Waals surface area (Å²) in [5, 5.41) is 6.90. The number of amides is 2. The lowest BCUT2D eigenvalue weighted by Gasteiger charge is -2.40. The van der Waals surface area contributed by atoms with Crippen LogP contribution in [0.1, 0.15) is 38.5 Å². The first kappa shape index (κ1) is 18.2. The molecular weight excluding hydrogens is 342 g/mol. The van der Waals surface area contributed by atoms with Crippen molar-refractivity contribution in [1.82, 2.24) is 19.0 Å². The normalized spacial score (nSPS) is 22.5. The molecule has 2 amide bonds. The third-order valence-electron chi connectivity index (χ3n) is 5.22. The Morgan fingerprint density at radius 1 is 1.20 bits per heavy atom. The fourth-order valence-corrected chi connectivity index (χ4v) is 5.21. The van der Waals surface area contributed by atoms with Crippen molar-refractivity contribution in [3.05, 3.63) is 12.3 Å². The van der Waals surface area contributed by atoms with Gasteiger partial charge in [-0.1, -0.05) is 6.42 Å². The van der Waals surface area contributed by atoms with Crippen LogP contribution in [0.3, 0.4) is 0 Å². The highest BCUT2D eigenvalue weighted by atomic mass is 32.2. The van der Waals surface area contributed by atoms with Crippen LogP contribution in [-0.4, -0.2) is 64.9 Å². The zero-order valence-corrected chi connectivity index (χ0v) is 15.7. The number of rotatable bonds is 4. The number of hydrogen-bond donors (Lipinski definition) is 1. The molecule has 0 spiro atoms. The lowest BCUT2D eigenvalue weighted by molar-refractivity contribution is 0.162. The molecule has 1 N–H and O–H groups in total. The quantitative estimate of drug-likeness (QED) is 0.874.